The lowest BCUT2D eigenvalue weighted by Crippen LogP contribution is -2.57. The normalized spacial score (nSPS) is 23.4. The van der Waals surface area contributed by atoms with Gasteiger partial charge in [0.2, 0.25) is 11.8 Å². The maximum atomic E-state index is 14.2. The minimum Gasteiger partial charge on any atom is -0.453 e. The molecule has 5 aromatic rings. The topological polar surface area (TPSA) is 147 Å². The minimum atomic E-state index is -0.680. The van der Waals surface area contributed by atoms with Gasteiger partial charge in [-0.2, -0.15) is 0 Å². The van der Waals surface area contributed by atoms with Crippen molar-refractivity contribution in [1.29, 1.82) is 0 Å². The van der Waals surface area contributed by atoms with Crippen molar-refractivity contribution in [3.63, 3.8) is 0 Å². The summed E-state index contributed by atoms with van der Waals surface area (Å²) in [7, 11) is 4.69. The quantitative estimate of drug-likeness (QED) is 0.134. The van der Waals surface area contributed by atoms with Crippen molar-refractivity contribution in [3.05, 3.63) is 96.3 Å². The van der Waals surface area contributed by atoms with Gasteiger partial charge in [-0.25, -0.2) is 14.6 Å². The lowest BCUT2D eigenvalue weighted by Gasteiger charge is -2.38. The zero-order chi connectivity index (χ0) is 46.8. The van der Waals surface area contributed by atoms with Crippen molar-refractivity contribution in [2.45, 2.75) is 109 Å². The summed E-state index contributed by atoms with van der Waals surface area (Å²) < 4.78 is 11.9. The molecular weight excluding hydrogens is 843 g/mol. The smallest absolute Gasteiger partial charge is 0.407 e. The van der Waals surface area contributed by atoms with Crippen LogP contribution in [0.3, 0.4) is 0 Å². The molecule has 4 bridgehead atoms. The third-order valence-corrected chi connectivity index (χ3v) is 15.5. The number of rotatable bonds is 11. The number of methoxy groups -OCH3 is 2. The van der Waals surface area contributed by atoms with E-state index >= 15 is 0 Å². The highest BCUT2D eigenvalue weighted by Crippen LogP contribution is 2.51. The summed E-state index contributed by atoms with van der Waals surface area (Å²) in [6.45, 7) is 7.80. The molecule has 13 heteroatoms. The van der Waals surface area contributed by atoms with Crippen molar-refractivity contribution in [2.24, 2.45) is 35.7 Å². The molecule has 0 spiro atoms. The third-order valence-electron chi connectivity index (χ3n) is 15.5. The Labute approximate surface area is 392 Å². The fraction of sp³-hybridized carbons (Fsp3) is 0.444. The lowest BCUT2D eigenvalue weighted by atomic mass is 9.90. The van der Waals surface area contributed by atoms with Gasteiger partial charge in [-0.05, 0) is 125 Å². The number of aliphatic imine (C=N–C) groups is 1. The van der Waals surface area contributed by atoms with E-state index in [9.17, 15) is 19.2 Å². The SMILES string of the molecule is COC(=O)N[C@H](C(=O)N1[C@@H]2CC[C@@H](C2)[C@H]1C1=Nc2ccc(-c3ccc(-c4ccc(-c5ccc6nc([C@@H]7[C@H]8CC[C@H](C8)N7C(=O)[C@@H](NC(=O)OC)C(C)C)n(C)c6c5)cc4)cc3)cc2C1)C(C)C. The first-order chi connectivity index (χ1) is 32.3. The first-order valence-corrected chi connectivity index (χ1v) is 24.0. The van der Waals surface area contributed by atoms with Gasteiger partial charge < -0.3 is 34.5 Å². The molecule has 5 aliphatic rings. The lowest BCUT2D eigenvalue weighted by molar-refractivity contribution is -0.139. The molecule has 2 saturated heterocycles. The largest absolute Gasteiger partial charge is 0.453 e. The fourth-order valence-corrected chi connectivity index (χ4v) is 12.0. The molecule has 0 unspecified atom stereocenters. The van der Waals surface area contributed by atoms with E-state index in [2.05, 4.69) is 100 Å². The van der Waals surface area contributed by atoms with Crippen LogP contribution in [0.15, 0.2) is 89.9 Å². The Morgan fingerprint density at radius 2 is 1.07 bits per heavy atom. The second kappa shape index (κ2) is 17.6. The van der Waals surface area contributed by atoms with E-state index in [1.165, 1.54) is 19.8 Å². The van der Waals surface area contributed by atoms with Crippen LogP contribution in [0, 0.1) is 23.7 Å². The molecule has 3 aliphatic heterocycles. The maximum Gasteiger partial charge on any atom is 0.407 e. The molecule has 4 aromatic carbocycles. The van der Waals surface area contributed by atoms with Crippen LogP contribution in [0.1, 0.15) is 83.6 Å². The van der Waals surface area contributed by atoms with Gasteiger partial charge in [0.1, 0.15) is 17.9 Å². The van der Waals surface area contributed by atoms with Crippen molar-refractivity contribution in [3.8, 4) is 33.4 Å². The van der Waals surface area contributed by atoms with Gasteiger partial charge in [-0.3, -0.25) is 14.6 Å². The number of likely N-dealkylation sites (tertiary alicyclic amines) is 2. The van der Waals surface area contributed by atoms with Gasteiger partial charge in [0.05, 0.1) is 43.0 Å². The summed E-state index contributed by atoms with van der Waals surface area (Å²) in [6, 6.07) is 29.0. The molecule has 2 aliphatic carbocycles. The molecule has 1 aromatic heterocycles. The van der Waals surface area contributed by atoms with Gasteiger partial charge in [0, 0.05) is 31.3 Å². The molecule has 0 radical (unpaired) electrons. The number of benzene rings is 4. The van der Waals surface area contributed by atoms with Crippen LogP contribution in [0.5, 0.6) is 0 Å². The average molecular weight is 904 g/mol. The molecular formula is C54H61N7O6. The van der Waals surface area contributed by atoms with E-state index in [1.54, 1.807) is 0 Å². The van der Waals surface area contributed by atoms with E-state index in [1.807, 2.05) is 44.5 Å². The summed E-state index contributed by atoms with van der Waals surface area (Å²) in [4.78, 5) is 67.0. The summed E-state index contributed by atoms with van der Waals surface area (Å²) in [5.74, 6) is 1.27. The van der Waals surface area contributed by atoms with E-state index in [-0.39, 0.29) is 47.8 Å². The molecule has 2 N–H and O–H groups in total. The number of fused-ring (bicyclic) bond motifs is 6. The van der Waals surface area contributed by atoms with Crippen molar-refractivity contribution >= 4 is 46.4 Å². The predicted molar refractivity (Wildman–Crippen MR) is 259 cm³/mol. The number of amides is 4. The van der Waals surface area contributed by atoms with Crippen molar-refractivity contribution in [1.82, 2.24) is 30.0 Å². The van der Waals surface area contributed by atoms with E-state index in [0.29, 0.717) is 18.3 Å². The number of imidazole rings is 1. The van der Waals surface area contributed by atoms with Crippen LogP contribution in [-0.4, -0.2) is 93.5 Å². The van der Waals surface area contributed by atoms with Gasteiger partial charge >= 0.3 is 12.2 Å². The Balaban J connectivity index is 0.826. The number of ether oxygens (including phenoxy) is 2. The number of aromatic nitrogens is 2. The molecule has 13 nitrogen and oxygen atoms in total. The number of aryl methyl sites for hydroxylation is 1. The fourth-order valence-electron chi connectivity index (χ4n) is 12.0. The first-order valence-electron chi connectivity index (χ1n) is 24.0. The number of carbonyl (C=O) groups is 4. The number of hydrogen-bond donors (Lipinski definition) is 2. The van der Waals surface area contributed by atoms with Crippen LogP contribution in [0.2, 0.25) is 0 Å². The molecule has 4 heterocycles. The number of carbonyl (C=O) groups excluding carboxylic acids is 4. The zero-order valence-electron chi connectivity index (χ0n) is 39.5. The second-order valence-electron chi connectivity index (χ2n) is 20.1. The second-order valence-corrected chi connectivity index (χ2v) is 20.1. The van der Waals surface area contributed by atoms with Crippen LogP contribution >= 0.6 is 0 Å². The summed E-state index contributed by atoms with van der Waals surface area (Å²) in [5.41, 5.74) is 11.8. The molecule has 4 fully saturated rings. The highest BCUT2D eigenvalue weighted by Gasteiger charge is 2.53. The van der Waals surface area contributed by atoms with Crippen LogP contribution < -0.4 is 10.6 Å². The van der Waals surface area contributed by atoms with Crippen molar-refractivity contribution in [2.75, 3.05) is 14.2 Å². The molecule has 67 heavy (non-hydrogen) atoms. The Kier molecular flexibility index (Phi) is 11.7. The Morgan fingerprint density at radius 3 is 1.60 bits per heavy atom. The minimum absolute atomic E-state index is 0.0461. The molecule has 10 rings (SSSR count). The van der Waals surface area contributed by atoms with E-state index < -0.39 is 24.3 Å². The number of nitrogens with zero attached hydrogens (tertiary/aromatic N) is 5. The molecule has 2 saturated carbocycles. The van der Waals surface area contributed by atoms with Crippen LogP contribution in [0.4, 0.5) is 15.3 Å². The Bertz CT molecular complexity index is 2780. The van der Waals surface area contributed by atoms with Crippen molar-refractivity contribution < 1.29 is 28.7 Å². The standard InChI is InChI=1S/C54H61N7O6/c1-29(2)46(57-53(64)66-6)51(62)60-40-20-16-37(25-40)48(60)44-27-39-24-35(18-22-42(39)55-44)33-12-8-31(9-13-33)32-10-14-34(15-11-32)36-19-23-43-45(28-36)59(5)50(56-43)49-38-17-21-41(26-38)61(49)52(63)47(30(3)4)58-54(65)67-7/h8-15,18-19,22-24,28-30,37-38,40-41,46-49H,16-17,20-21,25-27H2,1-7H3,(H,57,64)(H,58,65)/t37-,38-,40+,41+,46-,47-,48-,49-/m0/s1. The summed E-state index contributed by atoms with van der Waals surface area (Å²) >= 11 is 0. The van der Waals surface area contributed by atoms with Gasteiger partial charge in [-0.15, -0.1) is 0 Å². The summed E-state index contributed by atoms with van der Waals surface area (Å²) in [6.07, 6.45) is 5.51. The molecule has 8 atom stereocenters. The van der Waals surface area contributed by atoms with Gasteiger partial charge in [0.25, 0.3) is 0 Å². The van der Waals surface area contributed by atoms with Gasteiger partial charge in [-0.1, -0.05) is 88.4 Å². The number of nitrogens with one attached hydrogen (secondary N) is 2. The predicted octanol–water partition coefficient (Wildman–Crippen LogP) is 9.40. The average Bonchev–Trinajstić information content (AvgIpc) is 4.22. The number of piperidine rings is 2. The van der Waals surface area contributed by atoms with E-state index in [4.69, 9.17) is 19.5 Å². The van der Waals surface area contributed by atoms with Crippen LogP contribution in [0.25, 0.3) is 44.4 Å². The number of hydrogen-bond acceptors (Lipinski definition) is 8. The van der Waals surface area contributed by atoms with Gasteiger partial charge in [0.15, 0.2) is 0 Å². The number of alkyl carbamates (subject to hydrolysis) is 2. The zero-order valence-corrected chi connectivity index (χ0v) is 39.5. The highest BCUT2D eigenvalue weighted by atomic mass is 16.5. The Hall–Kier alpha value is -6.50. The maximum absolute atomic E-state index is 14.2. The monoisotopic (exact) mass is 903 g/mol. The van der Waals surface area contributed by atoms with E-state index in [0.717, 1.165) is 100 Å². The first kappa shape index (κ1) is 44.3. The highest BCUT2D eigenvalue weighted by molar-refractivity contribution is 6.02. The molecule has 4 amide bonds. The Morgan fingerprint density at radius 1 is 0.612 bits per heavy atom. The third kappa shape index (κ3) is 7.93. The van der Waals surface area contributed by atoms with Crippen LogP contribution in [-0.2, 0) is 32.5 Å². The molecule has 348 valence electrons. The summed E-state index contributed by atoms with van der Waals surface area (Å²) in [5, 5.41) is 5.59.